The molecule has 0 aliphatic carbocycles. The number of nitrogens with one attached hydrogen (secondary N) is 1. The van der Waals surface area contributed by atoms with Gasteiger partial charge in [0.25, 0.3) is 5.56 Å². The number of aromatic nitrogens is 3. The first-order chi connectivity index (χ1) is 14.1. The molecule has 1 N–H and O–H groups in total. The molecule has 0 fully saturated rings. The van der Waals surface area contributed by atoms with Crippen LogP contribution in [-0.2, 0) is 17.9 Å². The summed E-state index contributed by atoms with van der Waals surface area (Å²) in [7, 11) is 0. The van der Waals surface area contributed by atoms with E-state index in [1.165, 1.54) is 17.0 Å². The molecule has 4 aromatic rings. The zero-order valence-corrected chi connectivity index (χ0v) is 17.3. The molecular weight excluding hydrogens is 404 g/mol. The summed E-state index contributed by atoms with van der Waals surface area (Å²) in [6.45, 7) is 2.25. The molecule has 3 aromatic heterocycles. The van der Waals surface area contributed by atoms with E-state index in [0.29, 0.717) is 12.2 Å². The molecule has 0 aliphatic rings. The second-order valence-electron chi connectivity index (χ2n) is 6.39. The first-order valence-electron chi connectivity index (χ1n) is 8.99. The first-order valence-corrected chi connectivity index (χ1v) is 10.7. The van der Waals surface area contributed by atoms with Crippen LogP contribution in [0.3, 0.4) is 0 Å². The maximum Gasteiger partial charge on any atom is 0.254 e. The Hall–Kier alpha value is -3.10. The Morgan fingerprint density at radius 1 is 1.17 bits per heavy atom. The van der Waals surface area contributed by atoms with E-state index >= 15 is 0 Å². The summed E-state index contributed by atoms with van der Waals surface area (Å²) in [4.78, 5) is 35.7. The lowest BCUT2D eigenvalue weighted by atomic mass is 10.1. The first kappa shape index (κ1) is 19.2. The monoisotopic (exact) mass is 422 g/mol. The minimum Gasteiger partial charge on any atom is -0.350 e. The summed E-state index contributed by atoms with van der Waals surface area (Å²) in [5.74, 6) is -0.244. The third-order valence-electron chi connectivity index (χ3n) is 4.33. The quantitative estimate of drug-likeness (QED) is 0.514. The van der Waals surface area contributed by atoms with Gasteiger partial charge in [0.05, 0.1) is 29.1 Å². The van der Waals surface area contributed by atoms with Crippen molar-refractivity contribution < 1.29 is 4.79 Å². The molecule has 146 valence electrons. The fraction of sp³-hybridized carbons (Fsp3) is 0.143. The van der Waals surface area contributed by atoms with Gasteiger partial charge in [-0.1, -0.05) is 36.4 Å². The van der Waals surface area contributed by atoms with Crippen molar-refractivity contribution in [1.82, 2.24) is 19.9 Å². The number of rotatable bonds is 6. The molecule has 29 heavy (non-hydrogen) atoms. The van der Waals surface area contributed by atoms with Crippen molar-refractivity contribution in [2.24, 2.45) is 0 Å². The number of thiophene rings is 1. The topological polar surface area (TPSA) is 76.9 Å². The van der Waals surface area contributed by atoms with E-state index in [0.717, 1.165) is 26.0 Å². The summed E-state index contributed by atoms with van der Waals surface area (Å²) in [5, 5.41) is 5.84. The number of benzene rings is 1. The van der Waals surface area contributed by atoms with E-state index in [9.17, 15) is 9.59 Å². The predicted octanol–water partition coefficient (Wildman–Crippen LogP) is 3.72. The van der Waals surface area contributed by atoms with Gasteiger partial charge in [-0.05, 0) is 18.4 Å². The van der Waals surface area contributed by atoms with E-state index in [2.05, 4.69) is 15.3 Å². The van der Waals surface area contributed by atoms with Gasteiger partial charge in [0.2, 0.25) is 5.91 Å². The van der Waals surface area contributed by atoms with Crippen LogP contribution in [0.15, 0.2) is 65.0 Å². The zero-order valence-electron chi connectivity index (χ0n) is 15.7. The maximum atomic E-state index is 12.3. The Morgan fingerprint density at radius 2 is 2.00 bits per heavy atom. The lowest BCUT2D eigenvalue weighted by molar-refractivity contribution is -0.121. The molecule has 0 spiro atoms. The average Bonchev–Trinajstić information content (AvgIpc) is 3.38. The standard InChI is InChI=1S/C21H18N4O2S2/c1-14-18(29-21(24-14)17-8-5-9-28-17)11-22-19(26)12-25-13-23-16(10-20(25)27)15-6-3-2-4-7-15/h2-10,13H,11-12H2,1H3,(H,22,26). The number of carbonyl (C=O) groups is 1. The Bertz CT molecular complexity index is 1180. The molecule has 0 atom stereocenters. The zero-order chi connectivity index (χ0) is 20.2. The Balaban J connectivity index is 1.40. The Morgan fingerprint density at radius 3 is 2.72 bits per heavy atom. The van der Waals surface area contributed by atoms with Crippen LogP contribution in [0.1, 0.15) is 10.6 Å². The van der Waals surface area contributed by atoms with Gasteiger partial charge in [0.15, 0.2) is 0 Å². The average molecular weight is 423 g/mol. The highest BCUT2D eigenvalue weighted by molar-refractivity contribution is 7.21. The molecule has 3 heterocycles. The van der Waals surface area contributed by atoms with Gasteiger partial charge in [0.1, 0.15) is 11.6 Å². The normalized spacial score (nSPS) is 10.8. The van der Waals surface area contributed by atoms with Crippen LogP contribution >= 0.6 is 22.7 Å². The van der Waals surface area contributed by atoms with Gasteiger partial charge in [-0.2, -0.15) is 0 Å². The number of hydrogen-bond donors (Lipinski definition) is 1. The highest BCUT2D eigenvalue weighted by Gasteiger charge is 2.12. The largest absolute Gasteiger partial charge is 0.350 e. The molecule has 4 rings (SSSR count). The van der Waals surface area contributed by atoms with Crippen LogP contribution in [-0.4, -0.2) is 20.4 Å². The smallest absolute Gasteiger partial charge is 0.254 e. The SMILES string of the molecule is Cc1nc(-c2cccs2)sc1CNC(=O)Cn1cnc(-c2ccccc2)cc1=O. The van der Waals surface area contributed by atoms with E-state index < -0.39 is 0 Å². The maximum absolute atomic E-state index is 12.3. The Labute approximate surface area is 175 Å². The molecule has 0 radical (unpaired) electrons. The molecule has 8 heteroatoms. The molecule has 0 unspecified atom stereocenters. The van der Waals surface area contributed by atoms with Gasteiger partial charge in [0, 0.05) is 16.5 Å². The van der Waals surface area contributed by atoms with Crippen LogP contribution in [0.4, 0.5) is 0 Å². The number of amides is 1. The third-order valence-corrected chi connectivity index (χ3v) is 6.53. The van der Waals surface area contributed by atoms with Crippen molar-refractivity contribution >= 4 is 28.6 Å². The van der Waals surface area contributed by atoms with Crippen molar-refractivity contribution in [1.29, 1.82) is 0 Å². The van der Waals surface area contributed by atoms with Crippen molar-refractivity contribution in [3.63, 3.8) is 0 Å². The summed E-state index contributed by atoms with van der Waals surface area (Å²) >= 11 is 3.21. The molecule has 0 aliphatic heterocycles. The highest BCUT2D eigenvalue weighted by Crippen LogP contribution is 2.30. The third kappa shape index (κ3) is 4.49. The summed E-state index contributed by atoms with van der Waals surface area (Å²) in [6.07, 6.45) is 1.41. The molecular formula is C21H18N4O2S2. The number of carbonyl (C=O) groups excluding carboxylic acids is 1. The molecule has 1 amide bonds. The van der Waals surface area contributed by atoms with E-state index in [1.54, 1.807) is 22.7 Å². The number of thiazole rings is 1. The molecule has 0 bridgehead atoms. The lowest BCUT2D eigenvalue weighted by Crippen LogP contribution is -2.31. The number of aryl methyl sites for hydroxylation is 1. The molecule has 0 saturated heterocycles. The number of hydrogen-bond acceptors (Lipinski definition) is 6. The van der Waals surface area contributed by atoms with E-state index in [-0.39, 0.29) is 18.0 Å². The van der Waals surface area contributed by atoms with E-state index in [1.807, 2.05) is 54.8 Å². The highest BCUT2D eigenvalue weighted by atomic mass is 32.1. The van der Waals surface area contributed by atoms with Crippen LogP contribution < -0.4 is 10.9 Å². The second kappa shape index (κ2) is 8.50. The van der Waals surface area contributed by atoms with Crippen LogP contribution in [0.5, 0.6) is 0 Å². The van der Waals surface area contributed by atoms with E-state index in [4.69, 9.17) is 0 Å². The number of nitrogens with zero attached hydrogens (tertiary/aromatic N) is 3. The van der Waals surface area contributed by atoms with Crippen LogP contribution in [0, 0.1) is 6.92 Å². The van der Waals surface area contributed by atoms with Crippen LogP contribution in [0.2, 0.25) is 0 Å². The van der Waals surface area contributed by atoms with Crippen LogP contribution in [0.25, 0.3) is 21.1 Å². The van der Waals surface area contributed by atoms with Crippen molar-refractivity contribution in [2.45, 2.75) is 20.0 Å². The van der Waals surface area contributed by atoms with Gasteiger partial charge in [-0.25, -0.2) is 9.97 Å². The minimum absolute atomic E-state index is 0.0729. The summed E-state index contributed by atoms with van der Waals surface area (Å²) < 4.78 is 1.30. The lowest BCUT2D eigenvalue weighted by Gasteiger charge is -2.07. The Kier molecular flexibility index (Phi) is 5.64. The second-order valence-corrected chi connectivity index (χ2v) is 8.42. The van der Waals surface area contributed by atoms with Gasteiger partial charge in [-0.15, -0.1) is 22.7 Å². The molecule has 6 nitrogen and oxygen atoms in total. The fourth-order valence-electron chi connectivity index (χ4n) is 2.80. The van der Waals surface area contributed by atoms with Crippen molar-refractivity contribution in [2.75, 3.05) is 0 Å². The van der Waals surface area contributed by atoms with Gasteiger partial charge in [-0.3, -0.25) is 14.2 Å². The summed E-state index contributed by atoms with van der Waals surface area (Å²) in [6, 6.07) is 14.9. The minimum atomic E-state index is -0.261. The molecule has 0 saturated carbocycles. The summed E-state index contributed by atoms with van der Waals surface area (Å²) in [5.41, 5.74) is 2.10. The molecule has 1 aromatic carbocycles. The van der Waals surface area contributed by atoms with Gasteiger partial charge >= 0.3 is 0 Å². The van der Waals surface area contributed by atoms with Crippen molar-refractivity contribution in [3.05, 3.63) is 81.2 Å². The fourth-order valence-corrected chi connectivity index (χ4v) is 4.60. The van der Waals surface area contributed by atoms with Crippen molar-refractivity contribution in [3.8, 4) is 21.1 Å². The predicted molar refractivity (Wildman–Crippen MR) is 116 cm³/mol. The van der Waals surface area contributed by atoms with Gasteiger partial charge < -0.3 is 5.32 Å².